The minimum absolute atomic E-state index is 0.104. The molecule has 0 spiro atoms. The van der Waals surface area contributed by atoms with E-state index >= 15 is 0 Å². The summed E-state index contributed by atoms with van der Waals surface area (Å²) in [7, 11) is 0. The van der Waals surface area contributed by atoms with Gasteiger partial charge < -0.3 is 0 Å². The van der Waals surface area contributed by atoms with E-state index in [2.05, 4.69) is 76.9 Å². The van der Waals surface area contributed by atoms with Crippen molar-refractivity contribution >= 4 is 21.7 Å². The monoisotopic (exact) mass is 291 g/mol. The maximum atomic E-state index is 4.68. The molecule has 0 bridgehead atoms. The molecule has 1 nitrogen and oxygen atoms in total. The molecular formula is C21H25N. The third kappa shape index (κ3) is 2.49. The molecule has 0 saturated carbocycles. The summed E-state index contributed by atoms with van der Waals surface area (Å²) >= 11 is 0. The topological polar surface area (TPSA) is 12.9 Å². The largest absolute Gasteiger partial charge is 0.256 e. The molecule has 1 aromatic heterocycles. The summed E-state index contributed by atoms with van der Waals surface area (Å²) in [5.74, 6) is 0. The second-order valence-electron chi connectivity index (χ2n) is 8.26. The second kappa shape index (κ2) is 4.81. The van der Waals surface area contributed by atoms with Gasteiger partial charge in [0.2, 0.25) is 0 Å². The summed E-state index contributed by atoms with van der Waals surface area (Å²) in [4.78, 5) is 4.68. The van der Waals surface area contributed by atoms with Gasteiger partial charge in [-0.3, -0.25) is 4.98 Å². The first-order chi connectivity index (χ1) is 10.2. The van der Waals surface area contributed by atoms with Crippen molar-refractivity contribution in [3.8, 4) is 0 Å². The summed E-state index contributed by atoms with van der Waals surface area (Å²) in [6.07, 6.45) is 1.89. The van der Waals surface area contributed by atoms with Crippen LogP contribution < -0.4 is 0 Å². The zero-order valence-electron chi connectivity index (χ0n) is 14.5. The van der Waals surface area contributed by atoms with E-state index in [1.54, 1.807) is 0 Å². The maximum Gasteiger partial charge on any atom is 0.0783 e. The Morgan fingerprint density at radius 1 is 0.773 bits per heavy atom. The molecule has 0 fully saturated rings. The Hall–Kier alpha value is -1.89. The summed E-state index contributed by atoms with van der Waals surface area (Å²) in [5, 5.41) is 3.81. The van der Waals surface area contributed by atoms with Crippen LogP contribution in [0.1, 0.15) is 52.7 Å². The van der Waals surface area contributed by atoms with Gasteiger partial charge in [0.1, 0.15) is 0 Å². The average Bonchev–Trinajstić information content (AvgIpc) is 2.44. The fourth-order valence-corrected chi connectivity index (χ4v) is 3.06. The zero-order chi connectivity index (χ0) is 16.1. The van der Waals surface area contributed by atoms with E-state index in [0.717, 1.165) is 5.52 Å². The highest BCUT2D eigenvalue weighted by molar-refractivity contribution is 6.07. The van der Waals surface area contributed by atoms with E-state index in [1.807, 2.05) is 12.3 Å². The molecule has 2 aromatic carbocycles. The normalized spacial score (nSPS) is 13.0. The lowest BCUT2D eigenvalue weighted by Gasteiger charge is -2.24. The van der Waals surface area contributed by atoms with Gasteiger partial charge in [-0.05, 0) is 39.5 Å². The first-order valence-corrected chi connectivity index (χ1v) is 8.00. The van der Waals surface area contributed by atoms with Crippen molar-refractivity contribution in [3.63, 3.8) is 0 Å². The summed E-state index contributed by atoms with van der Waals surface area (Å²) in [6, 6.07) is 13.4. The van der Waals surface area contributed by atoms with Crippen LogP contribution in [0.25, 0.3) is 21.7 Å². The number of benzene rings is 2. The average molecular weight is 291 g/mol. The lowest BCUT2D eigenvalue weighted by molar-refractivity contribution is 0.590. The number of hydrogen-bond donors (Lipinski definition) is 0. The van der Waals surface area contributed by atoms with Gasteiger partial charge in [-0.2, -0.15) is 0 Å². The standard InChI is InChI=1S/C21H25N/c1-20(2,3)15-9-10-16-14(12-15)13-18(21(4,5)6)17-8-7-11-22-19(16)17/h7-13H,1-6H3. The minimum atomic E-state index is 0.104. The maximum absolute atomic E-state index is 4.68. The SMILES string of the molecule is CC(C)(C)c1ccc2c(c1)cc(C(C)(C)C)c1cccnc12. The number of aromatic nitrogens is 1. The third-order valence-electron chi connectivity index (χ3n) is 4.38. The number of nitrogens with zero attached hydrogens (tertiary/aromatic N) is 1. The summed E-state index contributed by atoms with van der Waals surface area (Å²) in [5.41, 5.74) is 4.12. The molecule has 3 rings (SSSR count). The molecule has 3 aromatic rings. The van der Waals surface area contributed by atoms with Crippen LogP contribution in [0.15, 0.2) is 42.6 Å². The molecule has 0 unspecified atom stereocenters. The first kappa shape index (κ1) is 15.0. The molecule has 1 heteroatoms. The zero-order valence-corrected chi connectivity index (χ0v) is 14.5. The van der Waals surface area contributed by atoms with E-state index in [9.17, 15) is 0 Å². The molecular weight excluding hydrogens is 266 g/mol. The quantitative estimate of drug-likeness (QED) is 0.464. The number of hydrogen-bond acceptors (Lipinski definition) is 1. The van der Waals surface area contributed by atoms with Gasteiger partial charge in [-0.25, -0.2) is 0 Å². The fourth-order valence-electron chi connectivity index (χ4n) is 3.06. The van der Waals surface area contributed by atoms with Crippen molar-refractivity contribution in [2.75, 3.05) is 0 Å². The van der Waals surface area contributed by atoms with Gasteiger partial charge in [-0.1, -0.05) is 65.8 Å². The van der Waals surface area contributed by atoms with E-state index in [0.29, 0.717) is 0 Å². The first-order valence-electron chi connectivity index (χ1n) is 8.00. The van der Waals surface area contributed by atoms with Gasteiger partial charge >= 0.3 is 0 Å². The highest BCUT2D eigenvalue weighted by Crippen LogP contribution is 2.36. The van der Waals surface area contributed by atoms with Crippen LogP contribution >= 0.6 is 0 Å². The Morgan fingerprint density at radius 3 is 2.14 bits per heavy atom. The van der Waals surface area contributed by atoms with Gasteiger partial charge in [0.25, 0.3) is 0 Å². The van der Waals surface area contributed by atoms with Crippen LogP contribution in [0.2, 0.25) is 0 Å². The van der Waals surface area contributed by atoms with Crippen molar-refractivity contribution in [3.05, 3.63) is 53.7 Å². The van der Waals surface area contributed by atoms with Gasteiger partial charge in [0.05, 0.1) is 5.52 Å². The Balaban J connectivity index is 2.44. The highest BCUT2D eigenvalue weighted by Gasteiger charge is 2.20. The highest BCUT2D eigenvalue weighted by atomic mass is 14.6. The van der Waals surface area contributed by atoms with Gasteiger partial charge in [0.15, 0.2) is 0 Å². The van der Waals surface area contributed by atoms with Crippen molar-refractivity contribution in [1.29, 1.82) is 0 Å². The van der Waals surface area contributed by atoms with Crippen molar-refractivity contribution in [2.45, 2.75) is 52.4 Å². The predicted molar refractivity (Wildman–Crippen MR) is 96.6 cm³/mol. The number of pyridine rings is 1. The Labute approximate surface area is 133 Å². The van der Waals surface area contributed by atoms with E-state index in [-0.39, 0.29) is 10.8 Å². The molecule has 22 heavy (non-hydrogen) atoms. The number of rotatable bonds is 0. The van der Waals surface area contributed by atoms with Crippen LogP contribution in [0.3, 0.4) is 0 Å². The summed E-state index contributed by atoms with van der Waals surface area (Å²) in [6.45, 7) is 13.6. The molecule has 0 N–H and O–H groups in total. The van der Waals surface area contributed by atoms with Crippen LogP contribution in [0.5, 0.6) is 0 Å². The van der Waals surface area contributed by atoms with Crippen LogP contribution in [0.4, 0.5) is 0 Å². The molecule has 1 heterocycles. The minimum Gasteiger partial charge on any atom is -0.256 e. The second-order valence-corrected chi connectivity index (χ2v) is 8.26. The van der Waals surface area contributed by atoms with Crippen LogP contribution in [-0.4, -0.2) is 4.98 Å². The van der Waals surface area contributed by atoms with Crippen LogP contribution in [0, 0.1) is 0 Å². The van der Waals surface area contributed by atoms with E-state index < -0.39 is 0 Å². The molecule has 0 aliphatic carbocycles. The lowest BCUT2D eigenvalue weighted by Crippen LogP contribution is -2.13. The summed E-state index contributed by atoms with van der Waals surface area (Å²) < 4.78 is 0. The van der Waals surface area contributed by atoms with Gasteiger partial charge in [-0.15, -0.1) is 0 Å². The smallest absolute Gasteiger partial charge is 0.0783 e. The van der Waals surface area contributed by atoms with Crippen LogP contribution in [-0.2, 0) is 10.8 Å². The lowest BCUT2D eigenvalue weighted by atomic mass is 9.81. The fraction of sp³-hybridized carbons (Fsp3) is 0.381. The van der Waals surface area contributed by atoms with Crippen molar-refractivity contribution in [2.24, 2.45) is 0 Å². The van der Waals surface area contributed by atoms with E-state index in [4.69, 9.17) is 0 Å². The molecule has 0 saturated heterocycles. The third-order valence-corrected chi connectivity index (χ3v) is 4.38. The Morgan fingerprint density at radius 2 is 1.50 bits per heavy atom. The Bertz CT molecular complexity index is 845. The van der Waals surface area contributed by atoms with Gasteiger partial charge in [0, 0.05) is 17.0 Å². The molecule has 0 atom stereocenters. The molecule has 0 aliphatic rings. The molecule has 0 radical (unpaired) electrons. The van der Waals surface area contributed by atoms with Crippen molar-refractivity contribution < 1.29 is 0 Å². The predicted octanol–water partition coefficient (Wildman–Crippen LogP) is 5.98. The molecule has 114 valence electrons. The van der Waals surface area contributed by atoms with Crippen molar-refractivity contribution in [1.82, 2.24) is 4.98 Å². The van der Waals surface area contributed by atoms with E-state index in [1.165, 1.54) is 27.3 Å². The molecule has 0 aliphatic heterocycles. The molecule has 0 amide bonds. The Kier molecular flexibility index (Phi) is 3.28. The number of fused-ring (bicyclic) bond motifs is 3.